The number of halogens is 2. The second-order valence-electron chi connectivity index (χ2n) is 4.80. The fourth-order valence-corrected chi connectivity index (χ4v) is 2.21. The summed E-state index contributed by atoms with van der Waals surface area (Å²) >= 11 is 5.59. The van der Waals surface area contributed by atoms with E-state index in [1.807, 2.05) is 6.92 Å². The van der Waals surface area contributed by atoms with Crippen LogP contribution in [0.2, 0.25) is 5.02 Å². The molecule has 3 nitrogen and oxygen atoms in total. The maximum atomic E-state index is 13.3. The van der Waals surface area contributed by atoms with Gasteiger partial charge in [-0.3, -0.25) is 4.79 Å². The van der Waals surface area contributed by atoms with Gasteiger partial charge < -0.3 is 10.6 Å². The van der Waals surface area contributed by atoms with Gasteiger partial charge in [-0.15, -0.1) is 0 Å². The second kappa shape index (κ2) is 5.24. The molecule has 0 radical (unpaired) electrons. The molecule has 0 aromatic heterocycles. The van der Waals surface area contributed by atoms with Crippen LogP contribution in [0, 0.1) is 5.82 Å². The molecular weight excluding hydrogens is 255 g/mol. The van der Waals surface area contributed by atoms with Crippen LogP contribution >= 0.6 is 11.6 Å². The van der Waals surface area contributed by atoms with E-state index < -0.39 is 11.4 Å². The van der Waals surface area contributed by atoms with Gasteiger partial charge in [0.05, 0.1) is 10.6 Å². The van der Waals surface area contributed by atoms with E-state index in [1.165, 1.54) is 12.1 Å². The second-order valence-corrected chi connectivity index (χ2v) is 5.21. The molecule has 1 saturated heterocycles. The van der Waals surface area contributed by atoms with Crippen LogP contribution in [0.1, 0.15) is 26.2 Å². The first-order chi connectivity index (χ1) is 8.51. The smallest absolute Gasteiger partial charge is 0.244 e. The largest absolute Gasteiger partial charge is 0.324 e. The van der Waals surface area contributed by atoms with Gasteiger partial charge in [0.1, 0.15) is 5.82 Å². The number of hydrogen-bond donors (Lipinski definition) is 2. The number of rotatable bonds is 2. The third-order valence-corrected chi connectivity index (χ3v) is 3.60. The molecule has 1 atom stereocenters. The number of anilines is 1. The number of amides is 1. The van der Waals surface area contributed by atoms with Gasteiger partial charge in [0.2, 0.25) is 5.91 Å². The van der Waals surface area contributed by atoms with Crippen LogP contribution < -0.4 is 10.6 Å². The van der Waals surface area contributed by atoms with Crippen molar-refractivity contribution in [3.8, 4) is 0 Å². The highest BCUT2D eigenvalue weighted by Crippen LogP contribution is 2.23. The van der Waals surface area contributed by atoms with E-state index in [0.29, 0.717) is 5.69 Å². The Kier molecular flexibility index (Phi) is 3.88. The van der Waals surface area contributed by atoms with Crippen LogP contribution in [-0.2, 0) is 4.79 Å². The Hall–Kier alpha value is -1.13. The minimum Gasteiger partial charge on any atom is -0.324 e. The zero-order valence-electron chi connectivity index (χ0n) is 10.2. The van der Waals surface area contributed by atoms with Crippen LogP contribution in [0.15, 0.2) is 18.2 Å². The molecule has 1 aromatic rings. The molecule has 1 aliphatic heterocycles. The molecule has 1 unspecified atom stereocenters. The standard InChI is InChI=1S/C13H16ClFN2O/c1-13(6-2-3-7-16-13)12(18)17-9-4-5-10(14)11(15)8-9/h4-5,8,16H,2-3,6-7H2,1H3,(H,17,18). The first-order valence-electron chi connectivity index (χ1n) is 6.03. The van der Waals surface area contributed by atoms with Crippen molar-refractivity contribution in [2.75, 3.05) is 11.9 Å². The van der Waals surface area contributed by atoms with Crippen LogP contribution in [0.3, 0.4) is 0 Å². The van der Waals surface area contributed by atoms with Gasteiger partial charge in [0.25, 0.3) is 0 Å². The molecular formula is C13H16ClFN2O. The average Bonchev–Trinajstić information content (AvgIpc) is 2.35. The summed E-state index contributed by atoms with van der Waals surface area (Å²) in [5.41, 5.74) is -0.149. The van der Waals surface area contributed by atoms with Crippen molar-refractivity contribution in [3.05, 3.63) is 29.0 Å². The Morgan fingerprint density at radius 3 is 2.89 bits per heavy atom. The first kappa shape index (κ1) is 13.3. The van der Waals surface area contributed by atoms with Gasteiger partial charge in [0.15, 0.2) is 0 Å². The van der Waals surface area contributed by atoms with Crippen LogP contribution in [0.25, 0.3) is 0 Å². The van der Waals surface area contributed by atoms with Crippen molar-refractivity contribution in [3.63, 3.8) is 0 Å². The van der Waals surface area contributed by atoms with Crippen molar-refractivity contribution in [1.29, 1.82) is 0 Å². The Labute approximate surface area is 111 Å². The Morgan fingerprint density at radius 2 is 2.28 bits per heavy atom. The molecule has 1 fully saturated rings. The maximum Gasteiger partial charge on any atom is 0.244 e. The summed E-state index contributed by atoms with van der Waals surface area (Å²) in [5, 5.41) is 5.98. The summed E-state index contributed by atoms with van der Waals surface area (Å²) < 4.78 is 13.3. The van der Waals surface area contributed by atoms with E-state index >= 15 is 0 Å². The van der Waals surface area contributed by atoms with Gasteiger partial charge in [-0.25, -0.2) is 4.39 Å². The number of nitrogens with one attached hydrogen (secondary N) is 2. The predicted molar refractivity (Wildman–Crippen MR) is 70.3 cm³/mol. The Bertz CT molecular complexity index is 458. The Balaban J connectivity index is 2.08. The van der Waals surface area contributed by atoms with Crippen molar-refractivity contribution < 1.29 is 9.18 Å². The SMILES string of the molecule is CC1(C(=O)Nc2ccc(Cl)c(F)c2)CCCCN1. The molecule has 1 aliphatic rings. The highest BCUT2D eigenvalue weighted by atomic mass is 35.5. The fourth-order valence-electron chi connectivity index (χ4n) is 2.09. The number of benzene rings is 1. The number of carbonyl (C=O) groups excluding carboxylic acids is 1. The van der Waals surface area contributed by atoms with Crippen LogP contribution in [-0.4, -0.2) is 18.0 Å². The van der Waals surface area contributed by atoms with Crippen molar-refractivity contribution in [2.45, 2.75) is 31.7 Å². The van der Waals surface area contributed by atoms with E-state index in [1.54, 1.807) is 6.07 Å². The molecule has 1 aromatic carbocycles. The van der Waals surface area contributed by atoms with E-state index in [2.05, 4.69) is 10.6 Å². The molecule has 2 rings (SSSR count). The van der Waals surface area contributed by atoms with Gasteiger partial charge in [0, 0.05) is 5.69 Å². The van der Waals surface area contributed by atoms with Crippen molar-refractivity contribution >= 4 is 23.2 Å². The summed E-state index contributed by atoms with van der Waals surface area (Å²) in [4.78, 5) is 12.2. The summed E-state index contributed by atoms with van der Waals surface area (Å²) in [7, 11) is 0. The summed E-state index contributed by atoms with van der Waals surface area (Å²) in [6.45, 7) is 2.70. The maximum absolute atomic E-state index is 13.3. The monoisotopic (exact) mass is 270 g/mol. The van der Waals surface area contributed by atoms with E-state index in [4.69, 9.17) is 11.6 Å². The lowest BCUT2D eigenvalue weighted by Crippen LogP contribution is -2.54. The summed E-state index contributed by atoms with van der Waals surface area (Å²) in [6, 6.07) is 4.26. The molecule has 18 heavy (non-hydrogen) atoms. The lowest BCUT2D eigenvalue weighted by molar-refractivity contribution is -0.122. The van der Waals surface area contributed by atoms with Crippen molar-refractivity contribution in [2.24, 2.45) is 0 Å². The molecule has 5 heteroatoms. The fraction of sp³-hybridized carbons (Fsp3) is 0.462. The quantitative estimate of drug-likeness (QED) is 0.868. The van der Waals surface area contributed by atoms with E-state index in [9.17, 15) is 9.18 Å². The van der Waals surface area contributed by atoms with Crippen molar-refractivity contribution in [1.82, 2.24) is 5.32 Å². The minimum atomic E-state index is -0.575. The molecule has 98 valence electrons. The molecule has 2 N–H and O–H groups in total. The van der Waals surface area contributed by atoms with Gasteiger partial charge in [-0.1, -0.05) is 11.6 Å². The van der Waals surface area contributed by atoms with Crippen LogP contribution in [0.4, 0.5) is 10.1 Å². The molecule has 0 spiro atoms. The zero-order chi connectivity index (χ0) is 13.2. The third kappa shape index (κ3) is 2.82. The predicted octanol–water partition coefficient (Wildman–Crippen LogP) is 2.95. The topological polar surface area (TPSA) is 41.1 Å². The Morgan fingerprint density at radius 1 is 1.50 bits per heavy atom. The highest BCUT2D eigenvalue weighted by molar-refractivity contribution is 6.30. The van der Waals surface area contributed by atoms with Gasteiger partial charge >= 0.3 is 0 Å². The van der Waals surface area contributed by atoms with Crippen LogP contribution in [0.5, 0.6) is 0 Å². The average molecular weight is 271 g/mol. The summed E-state index contributed by atoms with van der Waals surface area (Å²) in [5.74, 6) is -0.667. The lowest BCUT2D eigenvalue weighted by atomic mass is 9.90. The molecule has 1 heterocycles. The summed E-state index contributed by atoms with van der Waals surface area (Å²) in [6.07, 6.45) is 2.89. The third-order valence-electron chi connectivity index (χ3n) is 3.30. The molecule has 1 amide bonds. The lowest BCUT2D eigenvalue weighted by Gasteiger charge is -2.33. The number of piperidine rings is 1. The van der Waals surface area contributed by atoms with E-state index in [-0.39, 0.29) is 10.9 Å². The van der Waals surface area contributed by atoms with E-state index in [0.717, 1.165) is 25.8 Å². The first-order valence-corrected chi connectivity index (χ1v) is 6.41. The molecule has 0 saturated carbocycles. The number of hydrogen-bond acceptors (Lipinski definition) is 2. The van der Waals surface area contributed by atoms with Gasteiger partial charge in [-0.2, -0.15) is 0 Å². The van der Waals surface area contributed by atoms with Gasteiger partial charge in [-0.05, 0) is 50.9 Å². The zero-order valence-corrected chi connectivity index (χ0v) is 11.0. The normalized spacial score (nSPS) is 23.7. The minimum absolute atomic E-state index is 0.0509. The number of carbonyl (C=O) groups is 1. The highest BCUT2D eigenvalue weighted by Gasteiger charge is 2.34. The molecule has 0 bridgehead atoms. The molecule has 0 aliphatic carbocycles.